The van der Waals surface area contributed by atoms with Crippen molar-refractivity contribution in [2.75, 3.05) is 32.8 Å². The average molecular weight is 289 g/mol. The van der Waals surface area contributed by atoms with Crippen LogP contribution in [0, 0.1) is 5.92 Å². The first-order valence-corrected chi connectivity index (χ1v) is 8.39. The first kappa shape index (κ1) is 15.0. The van der Waals surface area contributed by atoms with Gasteiger partial charge in [0.1, 0.15) is 0 Å². The third-order valence-corrected chi connectivity index (χ3v) is 4.65. The minimum atomic E-state index is 0.0424. The molecule has 3 nitrogen and oxygen atoms in total. The summed E-state index contributed by atoms with van der Waals surface area (Å²) in [6.07, 6.45) is 5.98. The van der Waals surface area contributed by atoms with E-state index in [1.807, 2.05) is 0 Å². The number of ether oxygens (including phenoxy) is 2. The highest BCUT2D eigenvalue weighted by atomic mass is 16.7. The second-order valence-electron chi connectivity index (χ2n) is 6.29. The summed E-state index contributed by atoms with van der Waals surface area (Å²) in [4.78, 5) is 2.57. The van der Waals surface area contributed by atoms with Gasteiger partial charge >= 0.3 is 0 Å². The van der Waals surface area contributed by atoms with Gasteiger partial charge in [-0.1, -0.05) is 30.3 Å². The van der Waals surface area contributed by atoms with Crippen molar-refractivity contribution >= 4 is 0 Å². The summed E-state index contributed by atoms with van der Waals surface area (Å²) in [5.74, 6) is 0.853. The number of hydrogen-bond acceptors (Lipinski definition) is 3. The lowest BCUT2D eigenvalue weighted by atomic mass is 9.90. The topological polar surface area (TPSA) is 21.7 Å². The molecule has 0 radical (unpaired) electrons. The molecule has 2 heterocycles. The lowest BCUT2D eigenvalue weighted by Gasteiger charge is -2.33. The van der Waals surface area contributed by atoms with Crippen LogP contribution in [-0.2, 0) is 15.9 Å². The number of piperidine rings is 1. The van der Waals surface area contributed by atoms with Crippen molar-refractivity contribution in [3.05, 3.63) is 35.9 Å². The smallest absolute Gasteiger partial charge is 0.158 e. The number of nitrogens with zero attached hydrogens (tertiary/aromatic N) is 1. The maximum Gasteiger partial charge on any atom is 0.158 e. The van der Waals surface area contributed by atoms with E-state index in [0.29, 0.717) is 0 Å². The first-order chi connectivity index (χ1) is 10.4. The zero-order chi connectivity index (χ0) is 14.3. The largest absolute Gasteiger partial charge is 0.353 e. The molecule has 3 heteroatoms. The van der Waals surface area contributed by atoms with Gasteiger partial charge in [-0.2, -0.15) is 0 Å². The van der Waals surface area contributed by atoms with Crippen molar-refractivity contribution in [3.8, 4) is 0 Å². The highest BCUT2D eigenvalue weighted by molar-refractivity contribution is 5.15. The van der Waals surface area contributed by atoms with Crippen LogP contribution < -0.4 is 0 Å². The Morgan fingerprint density at radius 1 is 1.00 bits per heavy atom. The Hall–Kier alpha value is -0.900. The van der Waals surface area contributed by atoms with E-state index < -0.39 is 0 Å². The van der Waals surface area contributed by atoms with Crippen LogP contribution >= 0.6 is 0 Å². The van der Waals surface area contributed by atoms with Gasteiger partial charge in [0.25, 0.3) is 0 Å². The predicted octanol–water partition coefficient (Wildman–Crippen LogP) is 3.09. The third kappa shape index (κ3) is 4.80. The lowest BCUT2D eigenvalue weighted by Crippen LogP contribution is -2.37. The first-order valence-electron chi connectivity index (χ1n) is 8.39. The maximum absolute atomic E-state index is 5.62. The molecule has 2 saturated heterocycles. The molecule has 2 aliphatic heterocycles. The molecule has 0 amide bonds. The molecule has 0 atom stereocenters. The Bertz CT molecular complexity index is 395. The highest BCUT2D eigenvalue weighted by Gasteiger charge is 2.21. The van der Waals surface area contributed by atoms with Crippen LogP contribution in [0.5, 0.6) is 0 Å². The Morgan fingerprint density at radius 2 is 1.71 bits per heavy atom. The quantitative estimate of drug-likeness (QED) is 0.831. The molecular formula is C18H27NO2. The Kier molecular flexibility index (Phi) is 5.67. The van der Waals surface area contributed by atoms with E-state index in [0.717, 1.165) is 38.5 Å². The van der Waals surface area contributed by atoms with Gasteiger partial charge in [-0.15, -0.1) is 0 Å². The van der Waals surface area contributed by atoms with Crippen molar-refractivity contribution in [2.45, 2.75) is 38.4 Å². The molecule has 0 bridgehead atoms. The van der Waals surface area contributed by atoms with E-state index in [2.05, 4.69) is 35.2 Å². The van der Waals surface area contributed by atoms with Crippen LogP contribution in [0.25, 0.3) is 0 Å². The van der Waals surface area contributed by atoms with Crippen LogP contribution in [0.4, 0.5) is 0 Å². The molecule has 3 rings (SSSR count). The second kappa shape index (κ2) is 7.92. The summed E-state index contributed by atoms with van der Waals surface area (Å²) in [6, 6.07) is 10.9. The second-order valence-corrected chi connectivity index (χ2v) is 6.29. The van der Waals surface area contributed by atoms with Gasteiger partial charge in [-0.05, 0) is 50.3 Å². The van der Waals surface area contributed by atoms with Crippen molar-refractivity contribution in [1.82, 2.24) is 4.90 Å². The van der Waals surface area contributed by atoms with Gasteiger partial charge in [-0.25, -0.2) is 0 Å². The molecule has 0 aromatic heterocycles. The molecule has 0 aliphatic carbocycles. The maximum atomic E-state index is 5.62. The molecule has 0 spiro atoms. The van der Waals surface area contributed by atoms with Crippen molar-refractivity contribution in [1.29, 1.82) is 0 Å². The molecule has 0 unspecified atom stereocenters. The molecule has 2 fully saturated rings. The van der Waals surface area contributed by atoms with Crippen molar-refractivity contribution in [2.24, 2.45) is 5.92 Å². The van der Waals surface area contributed by atoms with E-state index in [9.17, 15) is 0 Å². The molecule has 0 saturated carbocycles. The van der Waals surface area contributed by atoms with Crippen LogP contribution in [0.15, 0.2) is 30.3 Å². The molecule has 2 aliphatic rings. The summed E-state index contributed by atoms with van der Waals surface area (Å²) < 4.78 is 11.2. The fourth-order valence-electron chi connectivity index (χ4n) is 3.35. The minimum absolute atomic E-state index is 0.0424. The van der Waals surface area contributed by atoms with E-state index in [4.69, 9.17) is 9.47 Å². The summed E-state index contributed by atoms with van der Waals surface area (Å²) in [6.45, 7) is 5.30. The minimum Gasteiger partial charge on any atom is -0.353 e. The van der Waals surface area contributed by atoms with Gasteiger partial charge < -0.3 is 14.4 Å². The number of hydrogen-bond donors (Lipinski definition) is 0. The molecule has 21 heavy (non-hydrogen) atoms. The van der Waals surface area contributed by atoms with Gasteiger partial charge in [0.15, 0.2) is 6.29 Å². The van der Waals surface area contributed by atoms with Crippen LogP contribution in [0.3, 0.4) is 0 Å². The third-order valence-electron chi connectivity index (χ3n) is 4.65. The number of rotatable bonds is 5. The molecule has 0 N–H and O–H groups in total. The van der Waals surface area contributed by atoms with Gasteiger partial charge in [-0.3, -0.25) is 0 Å². The van der Waals surface area contributed by atoms with Crippen LogP contribution in [-0.4, -0.2) is 44.0 Å². The zero-order valence-electron chi connectivity index (χ0n) is 12.9. The van der Waals surface area contributed by atoms with Crippen molar-refractivity contribution < 1.29 is 9.47 Å². The fourth-order valence-corrected chi connectivity index (χ4v) is 3.35. The van der Waals surface area contributed by atoms with Gasteiger partial charge in [0.2, 0.25) is 0 Å². The van der Waals surface area contributed by atoms with E-state index >= 15 is 0 Å². The molecular weight excluding hydrogens is 262 g/mol. The lowest BCUT2D eigenvalue weighted by molar-refractivity contribution is -0.182. The Balaban J connectivity index is 1.35. The van der Waals surface area contributed by atoms with Gasteiger partial charge in [0.05, 0.1) is 13.2 Å². The van der Waals surface area contributed by atoms with E-state index in [-0.39, 0.29) is 6.29 Å². The molecule has 116 valence electrons. The number of benzene rings is 1. The predicted molar refractivity (Wildman–Crippen MR) is 84.2 cm³/mol. The summed E-state index contributed by atoms with van der Waals surface area (Å²) in [5.41, 5.74) is 1.49. The fraction of sp³-hybridized carbons (Fsp3) is 0.667. The monoisotopic (exact) mass is 289 g/mol. The van der Waals surface area contributed by atoms with Crippen LogP contribution in [0.1, 0.15) is 31.2 Å². The SMILES string of the molecule is c1ccc(CC2CCN(CCC3OCCCO3)CC2)cc1. The van der Waals surface area contributed by atoms with Crippen LogP contribution in [0.2, 0.25) is 0 Å². The highest BCUT2D eigenvalue weighted by Crippen LogP contribution is 2.22. The van der Waals surface area contributed by atoms with Crippen molar-refractivity contribution in [3.63, 3.8) is 0 Å². The summed E-state index contributed by atoms with van der Waals surface area (Å²) in [5, 5.41) is 0. The normalized spacial score (nSPS) is 22.5. The summed E-state index contributed by atoms with van der Waals surface area (Å²) in [7, 11) is 0. The standard InChI is InChI=1S/C18H27NO2/c1-2-5-16(6-3-1)15-17-7-10-19(11-8-17)12-9-18-20-13-4-14-21-18/h1-3,5-6,17-18H,4,7-15H2. The average Bonchev–Trinajstić information content (AvgIpc) is 2.56. The Morgan fingerprint density at radius 3 is 2.43 bits per heavy atom. The molecule has 1 aromatic rings. The van der Waals surface area contributed by atoms with E-state index in [1.165, 1.54) is 37.9 Å². The molecule has 1 aromatic carbocycles. The number of likely N-dealkylation sites (tertiary alicyclic amines) is 1. The van der Waals surface area contributed by atoms with E-state index in [1.54, 1.807) is 0 Å². The van der Waals surface area contributed by atoms with Gasteiger partial charge in [0, 0.05) is 13.0 Å². The Labute approximate surface area is 128 Å². The summed E-state index contributed by atoms with van der Waals surface area (Å²) >= 11 is 0. The zero-order valence-corrected chi connectivity index (χ0v) is 12.9.